The van der Waals surface area contributed by atoms with Crippen LogP contribution in [0.15, 0.2) is 91.5 Å². The van der Waals surface area contributed by atoms with Crippen LogP contribution in [0.3, 0.4) is 0 Å². The maximum Gasteiger partial charge on any atom is 0.119 e. The average Bonchev–Trinajstić information content (AvgIpc) is 2.89. The van der Waals surface area contributed by atoms with Gasteiger partial charge in [0.2, 0.25) is 0 Å². The molecular weight excluding hydrogens is 412 g/mol. The SMILES string of the molecule is C=CCOc1ccc(-c2ccc(-c3c(CCCC)cc4ccccc4c3CCCC)cc2)cc1. The quantitative estimate of drug-likeness (QED) is 0.208. The zero-order chi connectivity index (χ0) is 23.8. The van der Waals surface area contributed by atoms with E-state index < -0.39 is 0 Å². The highest BCUT2D eigenvalue weighted by atomic mass is 16.5. The molecule has 0 atom stereocenters. The van der Waals surface area contributed by atoms with Crippen LogP contribution >= 0.6 is 0 Å². The van der Waals surface area contributed by atoms with Crippen molar-refractivity contribution in [3.63, 3.8) is 0 Å². The van der Waals surface area contributed by atoms with Crippen LogP contribution in [0, 0.1) is 0 Å². The third-order valence-corrected chi connectivity index (χ3v) is 6.55. The van der Waals surface area contributed by atoms with Gasteiger partial charge in [0.05, 0.1) is 0 Å². The summed E-state index contributed by atoms with van der Waals surface area (Å²) >= 11 is 0. The molecule has 34 heavy (non-hydrogen) atoms. The van der Waals surface area contributed by atoms with Gasteiger partial charge in [0.15, 0.2) is 0 Å². The van der Waals surface area contributed by atoms with Crippen molar-refractivity contribution in [1.29, 1.82) is 0 Å². The van der Waals surface area contributed by atoms with Gasteiger partial charge in [-0.15, -0.1) is 0 Å². The molecular formula is C33H36O. The second kappa shape index (κ2) is 11.7. The van der Waals surface area contributed by atoms with E-state index in [1.807, 2.05) is 12.1 Å². The molecule has 4 aromatic rings. The van der Waals surface area contributed by atoms with E-state index in [2.05, 4.69) is 87.2 Å². The zero-order valence-electron chi connectivity index (χ0n) is 20.6. The summed E-state index contributed by atoms with van der Waals surface area (Å²) in [5.74, 6) is 0.873. The van der Waals surface area contributed by atoms with Crippen LogP contribution in [0.2, 0.25) is 0 Å². The lowest BCUT2D eigenvalue weighted by atomic mass is 9.85. The molecule has 174 valence electrons. The summed E-state index contributed by atoms with van der Waals surface area (Å²) in [6.45, 7) is 8.80. The minimum Gasteiger partial charge on any atom is -0.490 e. The van der Waals surface area contributed by atoms with Crippen LogP contribution in [0.4, 0.5) is 0 Å². The smallest absolute Gasteiger partial charge is 0.119 e. The Morgan fingerprint density at radius 3 is 2.03 bits per heavy atom. The van der Waals surface area contributed by atoms with E-state index in [-0.39, 0.29) is 0 Å². The molecule has 4 aromatic carbocycles. The molecule has 1 heteroatoms. The molecule has 0 saturated heterocycles. The summed E-state index contributed by atoms with van der Waals surface area (Å²) in [4.78, 5) is 0. The monoisotopic (exact) mass is 448 g/mol. The topological polar surface area (TPSA) is 9.23 Å². The lowest BCUT2D eigenvalue weighted by molar-refractivity contribution is 0.363. The van der Waals surface area contributed by atoms with E-state index in [0.717, 1.165) is 18.6 Å². The van der Waals surface area contributed by atoms with Gasteiger partial charge in [-0.05, 0) is 82.0 Å². The number of ether oxygens (including phenoxy) is 1. The fraction of sp³-hybridized carbons (Fsp3) is 0.273. The molecule has 0 N–H and O–H groups in total. The van der Waals surface area contributed by atoms with Gasteiger partial charge in [0.1, 0.15) is 12.4 Å². The van der Waals surface area contributed by atoms with Gasteiger partial charge in [-0.2, -0.15) is 0 Å². The standard InChI is InChI=1S/C33H36O/c1-4-7-11-29-24-28-12-9-10-14-31(28)32(13-8-5-2)33(29)27-17-15-25(16-18-27)26-19-21-30(22-20-26)34-23-6-3/h6,9-10,12,14-22,24H,3-5,7-8,11,13,23H2,1-2H3. The molecule has 0 aliphatic heterocycles. The van der Waals surface area contributed by atoms with Gasteiger partial charge in [-0.1, -0.05) is 106 Å². The van der Waals surface area contributed by atoms with Crippen molar-refractivity contribution in [2.24, 2.45) is 0 Å². The van der Waals surface area contributed by atoms with Crippen molar-refractivity contribution < 1.29 is 4.74 Å². The molecule has 0 fully saturated rings. The van der Waals surface area contributed by atoms with E-state index in [1.54, 1.807) is 6.08 Å². The number of fused-ring (bicyclic) bond motifs is 1. The lowest BCUT2D eigenvalue weighted by Crippen LogP contribution is -1.99. The zero-order valence-corrected chi connectivity index (χ0v) is 20.6. The first-order chi connectivity index (χ1) is 16.7. The van der Waals surface area contributed by atoms with Crippen LogP contribution in [0.1, 0.15) is 50.7 Å². The van der Waals surface area contributed by atoms with Crippen molar-refractivity contribution in [2.75, 3.05) is 6.61 Å². The molecule has 0 aliphatic carbocycles. The second-order valence-electron chi connectivity index (χ2n) is 9.02. The number of aryl methyl sites for hydroxylation is 2. The number of hydrogen-bond donors (Lipinski definition) is 0. The minimum absolute atomic E-state index is 0.528. The maximum atomic E-state index is 5.63. The normalized spacial score (nSPS) is 11.0. The fourth-order valence-electron chi connectivity index (χ4n) is 4.75. The largest absolute Gasteiger partial charge is 0.490 e. The van der Waals surface area contributed by atoms with Crippen LogP contribution in [-0.4, -0.2) is 6.61 Å². The predicted molar refractivity (Wildman–Crippen MR) is 148 cm³/mol. The third kappa shape index (κ3) is 5.42. The van der Waals surface area contributed by atoms with Crippen molar-refractivity contribution in [2.45, 2.75) is 52.4 Å². The van der Waals surface area contributed by atoms with Gasteiger partial charge in [0, 0.05) is 0 Å². The molecule has 0 aliphatic rings. The first-order valence-electron chi connectivity index (χ1n) is 12.7. The molecule has 1 nitrogen and oxygen atoms in total. The van der Waals surface area contributed by atoms with Crippen molar-refractivity contribution in [3.05, 3.63) is 103 Å². The number of rotatable bonds is 11. The van der Waals surface area contributed by atoms with Crippen LogP contribution in [0.5, 0.6) is 5.75 Å². The van der Waals surface area contributed by atoms with E-state index >= 15 is 0 Å². The summed E-state index contributed by atoms with van der Waals surface area (Å²) in [7, 11) is 0. The first-order valence-corrected chi connectivity index (χ1v) is 12.7. The molecule has 0 saturated carbocycles. The Hall–Kier alpha value is -3.32. The highest BCUT2D eigenvalue weighted by molar-refractivity contribution is 5.94. The third-order valence-electron chi connectivity index (χ3n) is 6.55. The summed E-state index contributed by atoms with van der Waals surface area (Å²) in [6.07, 6.45) is 8.87. The van der Waals surface area contributed by atoms with Gasteiger partial charge in [0.25, 0.3) is 0 Å². The summed E-state index contributed by atoms with van der Waals surface area (Å²) in [6, 6.07) is 28.8. The Kier molecular flexibility index (Phi) is 8.20. The van der Waals surface area contributed by atoms with Gasteiger partial charge in [-0.3, -0.25) is 0 Å². The number of benzene rings is 4. The van der Waals surface area contributed by atoms with Crippen molar-refractivity contribution in [3.8, 4) is 28.0 Å². The summed E-state index contributed by atoms with van der Waals surface area (Å²) in [5.41, 5.74) is 8.22. The number of unbranched alkanes of at least 4 members (excludes halogenated alkanes) is 2. The first kappa shape index (κ1) is 23.8. The van der Waals surface area contributed by atoms with E-state index in [4.69, 9.17) is 4.74 Å². The highest BCUT2D eigenvalue weighted by Crippen LogP contribution is 2.37. The van der Waals surface area contributed by atoms with Crippen LogP contribution in [-0.2, 0) is 12.8 Å². The molecule has 0 radical (unpaired) electrons. The highest BCUT2D eigenvalue weighted by Gasteiger charge is 2.15. The molecule has 4 rings (SSSR count). The Balaban J connectivity index is 1.75. The molecule has 0 unspecified atom stereocenters. The minimum atomic E-state index is 0.528. The average molecular weight is 449 g/mol. The molecule has 0 spiro atoms. The van der Waals surface area contributed by atoms with Gasteiger partial charge >= 0.3 is 0 Å². The Bertz CT molecular complexity index is 1220. The van der Waals surface area contributed by atoms with E-state index in [0.29, 0.717) is 6.61 Å². The number of hydrogen-bond acceptors (Lipinski definition) is 1. The molecule has 0 amide bonds. The van der Waals surface area contributed by atoms with Crippen molar-refractivity contribution >= 4 is 10.8 Å². The van der Waals surface area contributed by atoms with E-state index in [9.17, 15) is 0 Å². The Morgan fingerprint density at radius 2 is 1.35 bits per heavy atom. The van der Waals surface area contributed by atoms with Crippen LogP contribution < -0.4 is 4.74 Å². The van der Waals surface area contributed by atoms with Crippen molar-refractivity contribution in [1.82, 2.24) is 0 Å². The fourth-order valence-corrected chi connectivity index (χ4v) is 4.75. The lowest BCUT2D eigenvalue weighted by Gasteiger charge is -2.19. The molecule has 0 heterocycles. The summed E-state index contributed by atoms with van der Waals surface area (Å²) < 4.78 is 5.63. The Morgan fingerprint density at radius 1 is 0.735 bits per heavy atom. The molecule has 0 aromatic heterocycles. The maximum absolute atomic E-state index is 5.63. The predicted octanol–water partition coefficient (Wildman–Crippen LogP) is 9.42. The van der Waals surface area contributed by atoms with Gasteiger partial charge < -0.3 is 4.74 Å². The second-order valence-corrected chi connectivity index (χ2v) is 9.02. The van der Waals surface area contributed by atoms with E-state index in [1.165, 1.54) is 69.8 Å². The van der Waals surface area contributed by atoms with Crippen LogP contribution in [0.25, 0.3) is 33.0 Å². The Labute approximate surface area is 205 Å². The molecule has 0 bridgehead atoms. The summed E-state index contributed by atoms with van der Waals surface area (Å²) in [5, 5.41) is 2.78. The van der Waals surface area contributed by atoms with Gasteiger partial charge in [-0.25, -0.2) is 0 Å².